The molecule has 0 aliphatic heterocycles. The van der Waals surface area contributed by atoms with Crippen LogP contribution in [0.1, 0.15) is 18.9 Å². The molecule has 0 saturated heterocycles. The molecule has 5 nitrogen and oxygen atoms in total. The van der Waals surface area contributed by atoms with Gasteiger partial charge >= 0.3 is 0 Å². The predicted molar refractivity (Wildman–Crippen MR) is 82.3 cm³/mol. The zero-order valence-electron chi connectivity index (χ0n) is 12.5. The lowest BCUT2D eigenvalue weighted by Gasteiger charge is -2.15. The van der Waals surface area contributed by atoms with Crippen molar-refractivity contribution in [2.45, 2.75) is 25.8 Å². The summed E-state index contributed by atoms with van der Waals surface area (Å²) >= 11 is 0. The molecule has 0 saturated carbocycles. The lowest BCUT2D eigenvalue weighted by molar-refractivity contribution is -0.122. The fourth-order valence-corrected chi connectivity index (χ4v) is 1.75. The summed E-state index contributed by atoms with van der Waals surface area (Å²) in [5.74, 6) is 3.45. The Balaban J connectivity index is 2.75. The van der Waals surface area contributed by atoms with Gasteiger partial charge in [-0.15, -0.1) is 6.42 Å². The molecule has 0 aliphatic carbocycles. The van der Waals surface area contributed by atoms with Crippen molar-refractivity contribution in [3.8, 4) is 23.8 Å². The van der Waals surface area contributed by atoms with Crippen LogP contribution in [0.3, 0.4) is 0 Å². The van der Waals surface area contributed by atoms with Crippen LogP contribution in [0.5, 0.6) is 11.5 Å². The summed E-state index contributed by atoms with van der Waals surface area (Å²) in [7, 11) is 1.60. The number of carbonyl (C=O) groups is 1. The highest BCUT2D eigenvalue weighted by Gasteiger charge is 2.11. The standard InChI is InChI=1S/C16H22N2O3/c1-4-8-18-16(19)11-21-15-7-6-14(20-3)10-12(15)9-13(17)5-2/h1,6-7,10,13H,5,8-9,11,17H2,2-3H3,(H,18,19). The fourth-order valence-electron chi connectivity index (χ4n) is 1.75. The normalized spacial score (nSPS) is 11.3. The van der Waals surface area contributed by atoms with Crippen LogP contribution in [-0.4, -0.2) is 32.2 Å². The van der Waals surface area contributed by atoms with Gasteiger partial charge in [0.2, 0.25) is 0 Å². The molecule has 1 aromatic carbocycles. The third kappa shape index (κ3) is 5.76. The molecule has 0 aromatic heterocycles. The topological polar surface area (TPSA) is 73.6 Å². The summed E-state index contributed by atoms with van der Waals surface area (Å²) in [6.45, 7) is 2.14. The molecule has 21 heavy (non-hydrogen) atoms. The number of hydrogen-bond donors (Lipinski definition) is 2. The van der Waals surface area contributed by atoms with Gasteiger partial charge in [-0.2, -0.15) is 0 Å². The Hall–Kier alpha value is -2.19. The minimum atomic E-state index is -0.255. The van der Waals surface area contributed by atoms with Crippen LogP contribution in [0.15, 0.2) is 18.2 Å². The zero-order chi connectivity index (χ0) is 15.7. The lowest BCUT2D eigenvalue weighted by atomic mass is 10.0. The monoisotopic (exact) mass is 290 g/mol. The van der Waals surface area contributed by atoms with Crippen molar-refractivity contribution >= 4 is 5.91 Å². The number of carbonyl (C=O) groups excluding carboxylic acids is 1. The average molecular weight is 290 g/mol. The zero-order valence-corrected chi connectivity index (χ0v) is 12.5. The van der Waals surface area contributed by atoms with Crippen molar-refractivity contribution in [1.82, 2.24) is 5.32 Å². The number of ether oxygens (including phenoxy) is 2. The number of amides is 1. The summed E-state index contributed by atoms with van der Waals surface area (Å²) in [5.41, 5.74) is 6.91. The van der Waals surface area contributed by atoms with Crippen LogP contribution in [0.25, 0.3) is 0 Å². The number of terminal acetylenes is 1. The first-order chi connectivity index (χ1) is 10.1. The van der Waals surface area contributed by atoms with Gasteiger partial charge in [-0.1, -0.05) is 12.8 Å². The van der Waals surface area contributed by atoms with Crippen molar-refractivity contribution in [2.24, 2.45) is 5.73 Å². The van der Waals surface area contributed by atoms with E-state index in [2.05, 4.69) is 11.2 Å². The molecule has 1 amide bonds. The highest BCUT2D eigenvalue weighted by molar-refractivity contribution is 5.77. The highest BCUT2D eigenvalue weighted by atomic mass is 16.5. The molecular formula is C16H22N2O3. The van der Waals surface area contributed by atoms with Gasteiger partial charge in [-0.3, -0.25) is 4.79 Å². The second-order valence-electron chi connectivity index (χ2n) is 4.62. The highest BCUT2D eigenvalue weighted by Crippen LogP contribution is 2.25. The van der Waals surface area contributed by atoms with E-state index in [0.717, 1.165) is 17.7 Å². The molecule has 3 N–H and O–H groups in total. The lowest BCUT2D eigenvalue weighted by Crippen LogP contribution is -2.29. The van der Waals surface area contributed by atoms with Crippen LogP contribution < -0.4 is 20.5 Å². The first-order valence-electron chi connectivity index (χ1n) is 6.86. The molecular weight excluding hydrogens is 268 g/mol. The quantitative estimate of drug-likeness (QED) is 0.703. The van der Waals surface area contributed by atoms with E-state index in [1.165, 1.54) is 0 Å². The molecule has 114 valence electrons. The number of nitrogens with one attached hydrogen (secondary N) is 1. The van der Waals surface area contributed by atoms with E-state index in [1.54, 1.807) is 19.2 Å². The maximum atomic E-state index is 11.5. The van der Waals surface area contributed by atoms with E-state index in [4.69, 9.17) is 21.6 Å². The summed E-state index contributed by atoms with van der Waals surface area (Å²) in [4.78, 5) is 11.5. The summed E-state index contributed by atoms with van der Waals surface area (Å²) < 4.78 is 10.8. The maximum Gasteiger partial charge on any atom is 0.258 e. The number of rotatable bonds is 8. The SMILES string of the molecule is C#CCNC(=O)COc1ccc(OC)cc1CC(N)CC. The minimum absolute atomic E-state index is 0.0368. The first kappa shape index (κ1) is 16.9. The van der Waals surface area contributed by atoms with Crippen LogP contribution >= 0.6 is 0 Å². The van der Waals surface area contributed by atoms with E-state index in [9.17, 15) is 4.79 Å². The average Bonchev–Trinajstić information content (AvgIpc) is 2.51. The van der Waals surface area contributed by atoms with E-state index < -0.39 is 0 Å². The van der Waals surface area contributed by atoms with Crippen molar-refractivity contribution in [3.05, 3.63) is 23.8 Å². The molecule has 1 rings (SSSR count). The second-order valence-corrected chi connectivity index (χ2v) is 4.62. The molecule has 0 fully saturated rings. The van der Waals surface area contributed by atoms with E-state index in [-0.39, 0.29) is 25.1 Å². The molecule has 0 spiro atoms. The van der Waals surface area contributed by atoms with Gasteiger partial charge in [-0.25, -0.2) is 0 Å². The Morgan fingerprint density at radius 1 is 1.52 bits per heavy atom. The van der Waals surface area contributed by atoms with Crippen molar-refractivity contribution in [3.63, 3.8) is 0 Å². The van der Waals surface area contributed by atoms with E-state index >= 15 is 0 Å². The molecule has 0 heterocycles. The molecule has 1 atom stereocenters. The largest absolute Gasteiger partial charge is 0.497 e. The number of hydrogen-bond acceptors (Lipinski definition) is 4. The second kappa shape index (κ2) is 8.88. The van der Waals surface area contributed by atoms with Crippen LogP contribution in [-0.2, 0) is 11.2 Å². The maximum absolute atomic E-state index is 11.5. The molecule has 5 heteroatoms. The van der Waals surface area contributed by atoms with Gasteiger partial charge in [0.15, 0.2) is 6.61 Å². The van der Waals surface area contributed by atoms with Crippen molar-refractivity contribution in [1.29, 1.82) is 0 Å². The summed E-state index contributed by atoms with van der Waals surface area (Å²) in [6.07, 6.45) is 6.60. The summed E-state index contributed by atoms with van der Waals surface area (Å²) in [5, 5.41) is 2.55. The summed E-state index contributed by atoms with van der Waals surface area (Å²) in [6, 6.07) is 5.49. The number of benzene rings is 1. The van der Waals surface area contributed by atoms with Gasteiger partial charge < -0.3 is 20.5 Å². The Bertz CT molecular complexity index is 509. The first-order valence-corrected chi connectivity index (χ1v) is 6.86. The Morgan fingerprint density at radius 3 is 2.90 bits per heavy atom. The molecule has 0 radical (unpaired) electrons. The molecule has 1 unspecified atom stereocenters. The van der Waals surface area contributed by atoms with Gasteiger partial charge in [0.1, 0.15) is 11.5 Å². The third-order valence-electron chi connectivity index (χ3n) is 3.02. The number of nitrogens with two attached hydrogens (primary N) is 1. The van der Waals surface area contributed by atoms with Gasteiger partial charge in [-0.05, 0) is 36.6 Å². The van der Waals surface area contributed by atoms with E-state index in [0.29, 0.717) is 12.2 Å². The van der Waals surface area contributed by atoms with Gasteiger partial charge in [0.25, 0.3) is 5.91 Å². The van der Waals surface area contributed by atoms with Crippen molar-refractivity contribution < 1.29 is 14.3 Å². The van der Waals surface area contributed by atoms with Gasteiger partial charge in [0, 0.05) is 6.04 Å². The molecule has 1 aromatic rings. The van der Waals surface area contributed by atoms with Gasteiger partial charge in [0.05, 0.1) is 13.7 Å². The van der Waals surface area contributed by atoms with E-state index in [1.807, 2.05) is 13.0 Å². The number of methoxy groups -OCH3 is 1. The smallest absolute Gasteiger partial charge is 0.258 e. The minimum Gasteiger partial charge on any atom is -0.497 e. The fraction of sp³-hybridized carbons (Fsp3) is 0.438. The molecule has 0 aliphatic rings. The Kier molecular flexibility index (Phi) is 7.13. The Morgan fingerprint density at radius 2 is 2.29 bits per heavy atom. The van der Waals surface area contributed by atoms with Crippen LogP contribution in [0, 0.1) is 12.3 Å². The van der Waals surface area contributed by atoms with Crippen LogP contribution in [0.4, 0.5) is 0 Å². The van der Waals surface area contributed by atoms with Crippen LogP contribution in [0.2, 0.25) is 0 Å². The third-order valence-corrected chi connectivity index (χ3v) is 3.02. The Labute approximate surface area is 125 Å². The molecule has 0 bridgehead atoms. The predicted octanol–water partition coefficient (Wildman–Crippen LogP) is 1.10. The van der Waals surface area contributed by atoms with Crippen molar-refractivity contribution in [2.75, 3.05) is 20.3 Å².